The van der Waals surface area contributed by atoms with Gasteiger partial charge in [0.15, 0.2) is 0 Å². The van der Waals surface area contributed by atoms with Gasteiger partial charge in [0.25, 0.3) is 0 Å². The van der Waals surface area contributed by atoms with Crippen LogP contribution in [0.25, 0.3) is 0 Å². The summed E-state index contributed by atoms with van der Waals surface area (Å²) in [7, 11) is -4.20. The monoisotopic (exact) mass is 175 g/mol. The zero-order chi connectivity index (χ0) is 8.48. The van der Waals surface area contributed by atoms with Gasteiger partial charge in [-0.2, -0.15) is 0 Å². The van der Waals surface area contributed by atoms with Crippen LogP contribution in [0.15, 0.2) is 24.3 Å². The Hall–Kier alpha value is -0.670. The van der Waals surface area contributed by atoms with Crippen molar-refractivity contribution in [2.45, 2.75) is 0 Å². The van der Waals surface area contributed by atoms with Crippen LogP contribution in [0.3, 0.4) is 0 Å². The van der Waals surface area contributed by atoms with Crippen LogP contribution in [0.4, 0.5) is 5.69 Å². The Morgan fingerprint density at radius 2 is 1.64 bits per heavy atom. The van der Waals surface area contributed by atoms with Crippen molar-refractivity contribution in [3.63, 3.8) is 0 Å². The van der Waals surface area contributed by atoms with Crippen LogP contribution in [0.5, 0.6) is 0 Å². The van der Waals surface area contributed by atoms with Crippen LogP contribution >= 0.6 is 7.94 Å². The molecule has 5 heteroatoms. The Labute approximate surface area is 64.5 Å². The minimum atomic E-state index is -4.20. The molecule has 0 fully saturated rings. The third-order valence-electron chi connectivity index (χ3n) is 1.32. The molecular formula is C6H10NO3P. The molecule has 0 aliphatic rings. The van der Waals surface area contributed by atoms with E-state index in [1.807, 2.05) is 0 Å². The molecule has 1 rings (SSSR count). The summed E-state index contributed by atoms with van der Waals surface area (Å²) in [6.45, 7) is 0. The van der Waals surface area contributed by atoms with Gasteiger partial charge in [0, 0.05) is 0 Å². The molecule has 1 aromatic rings. The molecule has 0 saturated heterocycles. The van der Waals surface area contributed by atoms with E-state index in [0.29, 0.717) is 0 Å². The predicted octanol–water partition coefficient (Wildman–Crippen LogP) is -0.634. The van der Waals surface area contributed by atoms with Crippen molar-refractivity contribution >= 4 is 18.9 Å². The first-order chi connectivity index (χ1) is 5.02. The maximum atomic E-state index is 8.84. The summed E-state index contributed by atoms with van der Waals surface area (Å²) in [6.07, 6.45) is 0. The molecule has 0 unspecified atom stereocenters. The minimum absolute atomic E-state index is 0.0278. The SMILES string of the molecule is Nc1ccccc1[PH](O)(O)O. The summed E-state index contributed by atoms with van der Waals surface area (Å²) in [5.41, 5.74) is 5.56. The number of benzene rings is 1. The number of anilines is 1. The Morgan fingerprint density at radius 3 is 2.00 bits per heavy atom. The zero-order valence-corrected chi connectivity index (χ0v) is 6.73. The zero-order valence-electron chi connectivity index (χ0n) is 5.73. The maximum absolute atomic E-state index is 8.84. The molecule has 11 heavy (non-hydrogen) atoms. The van der Waals surface area contributed by atoms with Crippen molar-refractivity contribution in [1.82, 2.24) is 0 Å². The Kier molecular flexibility index (Phi) is 2.11. The van der Waals surface area contributed by atoms with Crippen LogP contribution in [0.2, 0.25) is 0 Å². The third kappa shape index (κ3) is 1.88. The Balaban J connectivity index is 3.14. The molecule has 0 amide bonds. The van der Waals surface area contributed by atoms with Gasteiger partial charge in [0.2, 0.25) is 0 Å². The quantitative estimate of drug-likeness (QED) is 0.338. The Morgan fingerprint density at radius 1 is 1.09 bits per heavy atom. The molecule has 4 nitrogen and oxygen atoms in total. The van der Waals surface area contributed by atoms with E-state index in [-0.39, 0.29) is 11.0 Å². The van der Waals surface area contributed by atoms with Crippen molar-refractivity contribution in [3.05, 3.63) is 24.3 Å². The van der Waals surface area contributed by atoms with Gasteiger partial charge in [-0.25, -0.2) is 0 Å². The second-order valence-corrected chi connectivity index (χ2v) is 4.03. The molecule has 0 aromatic heterocycles. The fourth-order valence-corrected chi connectivity index (χ4v) is 1.59. The number of nitrogen functional groups attached to an aromatic ring is 1. The normalized spacial score (nSPS) is 13.0. The summed E-state index contributed by atoms with van der Waals surface area (Å²) in [5.74, 6) is 0. The average Bonchev–Trinajstić information content (AvgIpc) is 1.86. The summed E-state index contributed by atoms with van der Waals surface area (Å²) >= 11 is 0. The fourth-order valence-electron chi connectivity index (χ4n) is 0.802. The van der Waals surface area contributed by atoms with E-state index in [9.17, 15) is 0 Å². The molecule has 0 spiro atoms. The summed E-state index contributed by atoms with van der Waals surface area (Å²) in [6, 6.07) is 6.12. The molecule has 5 N–H and O–H groups in total. The Bertz CT molecular complexity index is 258. The molecular weight excluding hydrogens is 165 g/mol. The number of hydrogen-bond donors (Lipinski definition) is 4. The second kappa shape index (κ2) is 2.75. The van der Waals surface area contributed by atoms with Gasteiger partial charge in [-0.1, -0.05) is 0 Å². The van der Waals surface area contributed by atoms with Gasteiger partial charge in [-0.3, -0.25) is 0 Å². The van der Waals surface area contributed by atoms with Gasteiger partial charge in [0.1, 0.15) is 0 Å². The molecule has 1 aromatic carbocycles. The first kappa shape index (κ1) is 8.43. The van der Waals surface area contributed by atoms with Crippen LogP contribution in [-0.4, -0.2) is 14.7 Å². The average molecular weight is 175 g/mol. The van der Waals surface area contributed by atoms with E-state index in [4.69, 9.17) is 20.4 Å². The van der Waals surface area contributed by atoms with Crippen molar-refractivity contribution < 1.29 is 14.7 Å². The standard InChI is InChI=1S/C6H10NO3P/c7-5-3-1-2-4-6(5)11(8,9)10/h1-4,8-11H,7H2. The first-order valence-corrected chi connectivity index (χ1v) is 4.88. The summed E-state index contributed by atoms with van der Waals surface area (Å²) < 4.78 is 0. The summed E-state index contributed by atoms with van der Waals surface area (Å²) in [5, 5.41) is 0.0278. The topological polar surface area (TPSA) is 86.7 Å². The van der Waals surface area contributed by atoms with Gasteiger partial charge in [-0.15, -0.1) is 0 Å². The van der Waals surface area contributed by atoms with E-state index in [1.54, 1.807) is 12.1 Å². The molecule has 0 saturated carbocycles. The van der Waals surface area contributed by atoms with Crippen LogP contribution in [-0.2, 0) is 0 Å². The number of para-hydroxylation sites is 1. The van der Waals surface area contributed by atoms with Crippen molar-refractivity contribution in [2.24, 2.45) is 0 Å². The molecule has 0 bridgehead atoms. The predicted molar refractivity (Wildman–Crippen MR) is 45.5 cm³/mol. The van der Waals surface area contributed by atoms with E-state index in [1.165, 1.54) is 12.1 Å². The van der Waals surface area contributed by atoms with E-state index in [2.05, 4.69) is 0 Å². The molecule has 0 radical (unpaired) electrons. The third-order valence-corrected chi connectivity index (χ3v) is 2.50. The summed E-state index contributed by atoms with van der Waals surface area (Å²) in [4.78, 5) is 26.5. The van der Waals surface area contributed by atoms with Crippen LogP contribution in [0.1, 0.15) is 0 Å². The second-order valence-electron chi connectivity index (χ2n) is 2.22. The van der Waals surface area contributed by atoms with Crippen molar-refractivity contribution in [2.75, 3.05) is 5.73 Å². The number of rotatable bonds is 1. The van der Waals surface area contributed by atoms with Crippen LogP contribution in [0, 0.1) is 0 Å². The van der Waals surface area contributed by atoms with Gasteiger partial charge in [-0.05, 0) is 0 Å². The first-order valence-electron chi connectivity index (χ1n) is 3.04. The number of hydrogen-bond acceptors (Lipinski definition) is 4. The molecule has 0 atom stereocenters. The van der Waals surface area contributed by atoms with E-state index < -0.39 is 7.94 Å². The molecule has 0 aliphatic carbocycles. The van der Waals surface area contributed by atoms with E-state index >= 15 is 0 Å². The number of nitrogens with two attached hydrogens (primary N) is 1. The van der Waals surface area contributed by atoms with Crippen molar-refractivity contribution in [3.8, 4) is 0 Å². The van der Waals surface area contributed by atoms with Gasteiger partial charge in [0.05, 0.1) is 0 Å². The molecule has 0 heterocycles. The molecule has 62 valence electrons. The van der Waals surface area contributed by atoms with Gasteiger partial charge < -0.3 is 0 Å². The molecule has 0 aliphatic heterocycles. The van der Waals surface area contributed by atoms with Crippen LogP contribution < -0.4 is 11.0 Å². The fraction of sp³-hybridized carbons (Fsp3) is 0. The van der Waals surface area contributed by atoms with E-state index in [0.717, 1.165) is 0 Å². The van der Waals surface area contributed by atoms with Gasteiger partial charge >= 0.3 is 63.6 Å². The van der Waals surface area contributed by atoms with Crippen molar-refractivity contribution in [1.29, 1.82) is 0 Å².